The van der Waals surface area contributed by atoms with E-state index in [0.717, 1.165) is 6.07 Å². The fourth-order valence-corrected chi connectivity index (χ4v) is 1.60. The summed E-state index contributed by atoms with van der Waals surface area (Å²) in [5.41, 5.74) is -0.476. The highest BCUT2D eigenvalue weighted by atomic mass is 19.1. The summed E-state index contributed by atoms with van der Waals surface area (Å²) in [7, 11) is 1.55. The molecule has 0 unspecified atom stereocenters. The zero-order valence-electron chi connectivity index (χ0n) is 9.92. The average Bonchev–Trinajstić information content (AvgIpc) is 2.77. The van der Waals surface area contributed by atoms with Crippen LogP contribution in [0.3, 0.4) is 0 Å². The number of amides is 1. The van der Waals surface area contributed by atoms with Crippen LogP contribution in [0.25, 0.3) is 0 Å². The number of carbonyl (C=O) groups is 2. The Kier molecular flexibility index (Phi) is 3.28. The second kappa shape index (κ2) is 4.89. The van der Waals surface area contributed by atoms with E-state index in [-0.39, 0.29) is 16.9 Å². The summed E-state index contributed by atoms with van der Waals surface area (Å²) in [6.45, 7) is 0. The van der Waals surface area contributed by atoms with Gasteiger partial charge in [0, 0.05) is 13.2 Å². The molecule has 7 heteroatoms. The summed E-state index contributed by atoms with van der Waals surface area (Å²) in [5, 5.41) is 15.0. The van der Waals surface area contributed by atoms with Crippen LogP contribution in [0.15, 0.2) is 30.5 Å². The van der Waals surface area contributed by atoms with Crippen LogP contribution in [-0.2, 0) is 7.05 Å². The maximum atomic E-state index is 13.6. The minimum atomic E-state index is -1.32. The number of aromatic carboxylic acids is 1. The van der Waals surface area contributed by atoms with E-state index in [9.17, 15) is 14.0 Å². The molecule has 0 aliphatic heterocycles. The number of carbonyl (C=O) groups excluding carboxylic acids is 1. The number of carboxylic acids is 1. The van der Waals surface area contributed by atoms with Crippen LogP contribution in [0, 0.1) is 5.82 Å². The van der Waals surface area contributed by atoms with Gasteiger partial charge < -0.3 is 10.4 Å². The van der Waals surface area contributed by atoms with Crippen molar-refractivity contribution >= 4 is 17.6 Å². The molecule has 0 aliphatic rings. The van der Waals surface area contributed by atoms with Gasteiger partial charge in [0.2, 0.25) is 0 Å². The van der Waals surface area contributed by atoms with Crippen LogP contribution in [0.5, 0.6) is 0 Å². The lowest BCUT2D eigenvalue weighted by molar-refractivity contribution is 0.0697. The summed E-state index contributed by atoms with van der Waals surface area (Å²) >= 11 is 0. The number of carboxylic acid groups (broad SMARTS) is 1. The molecule has 2 aromatic rings. The van der Waals surface area contributed by atoms with Gasteiger partial charge in [0.25, 0.3) is 5.91 Å². The fourth-order valence-electron chi connectivity index (χ4n) is 1.60. The molecular formula is C12H10FN3O3. The number of anilines is 1. The number of hydrogen-bond acceptors (Lipinski definition) is 3. The molecule has 0 fully saturated rings. The van der Waals surface area contributed by atoms with Gasteiger partial charge in [-0.2, -0.15) is 5.10 Å². The van der Waals surface area contributed by atoms with Gasteiger partial charge in [0.15, 0.2) is 0 Å². The second-order valence-electron chi connectivity index (χ2n) is 3.76. The highest BCUT2D eigenvalue weighted by molar-refractivity contribution is 6.06. The van der Waals surface area contributed by atoms with E-state index in [1.54, 1.807) is 7.05 Å². The number of rotatable bonds is 3. The van der Waals surface area contributed by atoms with Crippen LogP contribution < -0.4 is 5.32 Å². The Labute approximate surface area is 107 Å². The van der Waals surface area contributed by atoms with Crippen molar-refractivity contribution in [1.29, 1.82) is 0 Å². The number of halogens is 1. The molecule has 0 aliphatic carbocycles. The molecule has 19 heavy (non-hydrogen) atoms. The zero-order chi connectivity index (χ0) is 14.0. The Morgan fingerprint density at radius 2 is 2.11 bits per heavy atom. The van der Waals surface area contributed by atoms with Crippen LogP contribution in [-0.4, -0.2) is 26.8 Å². The summed E-state index contributed by atoms with van der Waals surface area (Å²) in [6, 6.07) is 4.99. The number of para-hydroxylation sites is 1. The van der Waals surface area contributed by atoms with Crippen molar-refractivity contribution in [2.75, 3.05) is 5.32 Å². The molecule has 98 valence electrons. The maximum Gasteiger partial charge on any atom is 0.337 e. The predicted molar refractivity (Wildman–Crippen MR) is 64.5 cm³/mol. The highest BCUT2D eigenvalue weighted by Gasteiger charge is 2.18. The van der Waals surface area contributed by atoms with Crippen LogP contribution in [0.4, 0.5) is 10.1 Å². The van der Waals surface area contributed by atoms with Crippen molar-refractivity contribution in [1.82, 2.24) is 9.78 Å². The number of aromatic nitrogens is 2. The molecule has 1 amide bonds. The first kappa shape index (κ1) is 12.7. The minimum absolute atomic E-state index is 0.194. The molecule has 2 N–H and O–H groups in total. The van der Waals surface area contributed by atoms with E-state index in [2.05, 4.69) is 10.4 Å². The number of benzene rings is 1. The smallest absolute Gasteiger partial charge is 0.337 e. The third-order valence-electron chi connectivity index (χ3n) is 2.54. The molecule has 1 heterocycles. The predicted octanol–water partition coefficient (Wildman–Crippen LogP) is 1.51. The third kappa shape index (κ3) is 2.44. The second-order valence-corrected chi connectivity index (χ2v) is 3.76. The molecule has 0 spiro atoms. The van der Waals surface area contributed by atoms with E-state index < -0.39 is 17.7 Å². The molecular weight excluding hydrogens is 253 g/mol. The molecule has 2 rings (SSSR count). The summed E-state index contributed by atoms with van der Waals surface area (Å²) in [5.74, 6) is -2.76. The van der Waals surface area contributed by atoms with Gasteiger partial charge in [-0.3, -0.25) is 9.48 Å². The van der Waals surface area contributed by atoms with Crippen LogP contribution in [0.1, 0.15) is 20.8 Å². The number of aryl methyl sites for hydroxylation is 1. The van der Waals surface area contributed by atoms with Crippen LogP contribution in [0.2, 0.25) is 0 Å². The quantitative estimate of drug-likeness (QED) is 0.879. The van der Waals surface area contributed by atoms with Gasteiger partial charge in [0.05, 0.1) is 11.3 Å². The lowest BCUT2D eigenvalue weighted by Crippen LogP contribution is -2.19. The average molecular weight is 263 g/mol. The van der Waals surface area contributed by atoms with Gasteiger partial charge in [-0.15, -0.1) is 0 Å². The Hall–Kier alpha value is -2.70. The van der Waals surface area contributed by atoms with E-state index in [1.165, 1.54) is 29.1 Å². The van der Waals surface area contributed by atoms with E-state index >= 15 is 0 Å². The maximum absolute atomic E-state index is 13.6. The first-order valence-corrected chi connectivity index (χ1v) is 5.32. The lowest BCUT2D eigenvalue weighted by atomic mass is 10.1. The summed E-state index contributed by atoms with van der Waals surface area (Å²) < 4.78 is 14.9. The van der Waals surface area contributed by atoms with Gasteiger partial charge in [-0.25, -0.2) is 9.18 Å². The standard InChI is InChI=1S/C12H10FN3O3/c1-16-9(5-6-14-16)11(17)15-10-7(12(18)19)3-2-4-8(10)13/h2-6H,1H3,(H,15,17)(H,18,19). The fraction of sp³-hybridized carbons (Fsp3) is 0.0833. The van der Waals surface area contributed by atoms with E-state index in [4.69, 9.17) is 5.11 Å². The molecule has 1 aromatic carbocycles. The molecule has 0 atom stereocenters. The van der Waals surface area contributed by atoms with Crippen molar-refractivity contribution in [3.63, 3.8) is 0 Å². The van der Waals surface area contributed by atoms with Gasteiger partial charge >= 0.3 is 5.97 Å². The highest BCUT2D eigenvalue weighted by Crippen LogP contribution is 2.20. The Bertz CT molecular complexity index is 651. The van der Waals surface area contributed by atoms with Crippen molar-refractivity contribution in [3.05, 3.63) is 47.5 Å². The first-order valence-electron chi connectivity index (χ1n) is 5.32. The van der Waals surface area contributed by atoms with Crippen LogP contribution >= 0.6 is 0 Å². The van der Waals surface area contributed by atoms with Gasteiger partial charge in [0.1, 0.15) is 11.5 Å². The van der Waals surface area contributed by atoms with Gasteiger partial charge in [-0.05, 0) is 18.2 Å². The summed E-state index contributed by atoms with van der Waals surface area (Å²) in [6.07, 6.45) is 1.41. The van der Waals surface area contributed by atoms with Crippen molar-refractivity contribution in [3.8, 4) is 0 Å². The number of hydrogen-bond donors (Lipinski definition) is 2. The third-order valence-corrected chi connectivity index (χ3v) is 2.54. The van der Waals surface area contributed by atoms with E-state index in [0.29, 0.717) is 0 Å². The SMILES string of the molecule is Cn1nccc1C(=O)Nc1c(F)cccc1C(=O)O. The number of nitrogens with zero attached hydrogens (tertiary/aromatic N) is 2. The van der Waals surface area contributed by atoms with Crippen molar-refractivity contribution in [2.45, 2.75) is 0 Å². The topological polar surface area (TPSA) is 84.2 Å². The Balaban J connectivity index is 2.36. The zero-order valence-corrected chi connectivity index (χ0v) is 9.92. The first-order chi connectivity index (χ1) is 9.00. The molecule has 6 nitrogen and oxygen atoms in total. The monoisotopic (exact) mass is 263 g/mol. The lowest BCUT2D eigenvalue weighted by Gasteiger charge is -2.09. The Morgan fingerprint density at radius 1 is 1.37 bits per heavy atom. The largest absolute Gasteiger partial charge is 0.478 e. The normalized spacial score (nSPS) is 10.2. The van der Waals surface area contributed by atoms with Gasteiger partial charge in [-0.1, -0.05) is 6.07 Å². The number of nitrogens with one attached hydrogen (secondary N) is 1. The molecule has 0 saturated carbocycles. The van der Waals surface area contributed by atoms with Crippen molar-refractivity contribution in [2.24, 2.45) is 7.05 Å². The van der Waals surface area contributed by atoms with Crippen molar-refractivity contribution < 1.29 is 19.1 Å². The van der Waals surface area contributed by atoms with E-state index in [1.807, 2.05) is 0 Å². The molecule has 0 radical (unpaired) electrons. The molecule has 1 aromatic heterocycles. The Morgan fingerprint density at radius 3 is 2.68 bits per heavy atom. The minimum Gasteiger partial charge on any atom is -0.478 e. The molecule has 0 bridgehead atoms. The summed E-state index contributed by atoms with van der Waals surface area (Å²) in [4.78, 5) is 22.9. The molecule has 0 saturated heterocycles.